The van der Waals surface area contributed by atoms with Crippen LogP contribution in [-0.2, 0) is 6.54 Å². The van der Waals surface area contributed by atoms with Crippen molar-refractivity contribution in [3.8, 4) is 11.5 Å². The van der Waals surface area contributed by atoms with Crippen LogP contribution in [0.1, 0.15) is 30.3 Å². The van der Waals surface area contributed by atoms with Crippen molar-refractivity contribution in [3.63, 3.8) is 0 Å². The van der Waals surface area contributed by atoms with Gasteiger partial charge in [-0.25, -0.2) is 0 Å². The summed E-state index contributed by atoms with van der Waals surface area (Å²) in [7, 11) is 1.56. The van der Waals surface area contributed by atoms with Gasteiger partial charge in [-0.05, 0) is 24.6 Å². The van der Waals surface area contributed by atoms with Crippen LogP contribution in [0.2, 0.25) is 0 Å². The van der Waals surface area contributed by atoms with Gasteiger partial charge >= 0.3 is 0 Å². The minimum Gasteiger partial charge on any atom is -0.497 e. The molecule has 1 aromatic carbocycles. The molecule has 27 heavy (non-hydrogen) atoms. The van der Waals surface area contributed by atoms with Gasteiger partial charge in [0.1, 0.15) is 35.5 Å². The Balaban J connectivity index is 1.62. The zero-order valence-electron chi connectivity index (χ0n) is 15.4. The summed E-state index contributed by atoms with van der Waals surface area (Å²) < 4.78 is 12.6. The van der Waals surface area contributed by atoms with Crippen LogP contribution >= 0.6 is 0 Å². The first-order chi connectivity index (χ1) is 13.0. The van der Waals surface area contributed by atoms with Gasteiger partial charge in [-0.15, -0.1) is 0 Å². The Morgan fingerprint density at radius 2 is 2.07 bits per heavy atom. The van der Waals surface area contributed by atoms with E-state index in [4.69, 9.17) is 9.47 Å². The van der Waals surface area contributed by atoms with Gasteiger partial charge in [0.25, 0.3) is 5.91 Å². The van der Waals surface area contributed by atoms with Gasteiger partial charge in [0.15, 0.2) is 0 Å². The standard InChI is InChI=1S/C19H25N3O5/c1-3-8-22-9-7-14(21-22)19(25)20-15-11-16(18(24)17(15)23)27-13-6-4-5-12(10-13)26-2/h4-7,9-10,15-18,23-24H,3,8,11H2,1-2H3,(H,20,25)/t15-,16-,17+,18+/m1/s1. The van der Waals surface area contributed by atoms with E-state index in [2.05, 4.69) is 10.4 Å². The summed E-state index contributed by atoms with van der Waals surface area (Å²) in [5.74, 6) is 0.770. The number of rotatable bonds is 7. The number of aliphatic hydroxyl groups is 2. The van der Waals surface area contributed by atoms with Gasteiger partial charge in [-0.3, -0.25) is 9.48 Å². The van der Waals surface area contributed by atoms with E-state index < -0.39 is 24.4 Å². The third kappa shape index (κ3) is 4.40. The summed E-state index contributed by atoms with van der Waals surface area (Å²) in [6, 6.07) is 8.01. The molecule has 1 aromatic heterocycles. The predicted molar refractivity (Wildman–Crippen MR) is 97.8 cm³/mol. The van der Waals surface area contributed by atoms with Gasteiger partial charge in [-0.2, -0.15) is 5.10 Å². The number of hydrogen-bond acceptors (Lipinski definition) is 6. The molecule has 3 N–H and O–H groups in total. The van der Waals surface area contributed by atoms with E-state index in [1.807, 2.05) is 6.92 Å². The smallest absolute Gasteiger partial charge is 0.272 e. The number of methoxy groups -OCH3 is 1. The number of nitrogens with zero attached hydrogens (tertiary/aromatic N) is 2. The maximum Gasteiger partial charge on any atom is 0.272 e. The molecule has 0 saturated heterocycles. The van der Waals surface area contributed by atoms with Crippen molar-refractivity contribution in [1.82, 2.24) is 15.1 Å². The zero-order valence-corrected chi connectivity index (χ0v) is 15.4. The minimum atomic E-state index is -1.12. The highest BCUT2D eigenvalue weighted by atomic mass is 16.5. The Morgan fingerprint density at radius 1 is 1.30 bits per heavy atom. The van der Waals surface area contributed by atoms with Crippen molar-refractivity contribution < 1.29 is 24.5 Å². The molecule has 0 unspecified atom stereocenters. The third-order valence-electron chi connectivity index (χ3n) is 4.60. The van der Waals surface area contributed by atoms with E-state index in [0.717, 1.165) is 13.0 Å². The van der Waals surface area contributed by atoms with Crippen LogP contribution in [0.3, 0.4) is 0 Å². The molecule has 8 heteroatoms. The minimum absolute atomic E-state index is 0.279. The molecular formula is C19H25N3O5. The maximum atomic E-state index is 12.4. The Labute approximate surface area is 157 Å². The van der Waals surface area contributed by atoms with Gasteiger partial charge in [0.05, 0.1) is 13.2 Å². The lowest BCUT2D eigenvalue weighted by Crippen LogP contribution is -2.43. The number of carbonyl (C=O) groups excluding carboxylic acids is 1. The fourth-order valence-corrected chi connectivity index (χ4v) is 3.18. The molecule has 0 radical (unpaired) electrons. The summed E-state index contributed by atoms with van der Waals surface area (Å²) >= 11 is 0. The molecule has 0 bridgehead atoms. The lowest BCUT2D eigenvalue weighted by atomic mass is 10.2. The van der Waals surface area contributed by atoms with Crippen LogP contribution in [0.5, 0.6) is 11.5 Å². The third-order valence-corrected chi connectivity index (χ3v) is 4.60. The largest absolute Gasteiger partial charge is 0.497 e. The molecular weight excluding hydrogens is 350 g/mol. The molecule has 1 fully saturated rings. The molecule has 3 rings (SSSR count). The summed E-state index contributed by atoms with van der Waals surface area (Å²) in [5.41, 5.74) is 0.280. The molecule has 0 aliphatic heterocycles. The first kappa shape index (κ1) is 19.2. The number of aliphatic hydroxyl groups excluding tert-OH is 2. The van der Waals surface area contributed by atoms with E-state index >= 15 is 0 Å². The van der Waals surface area contributed by atoms with Gasteiger partial charge in [0.2, 0.25) is 0 Å². The van der Waals surface area contributed by atoms with E-state index in [1.54, 1.807) is 48.3 Å². The maximum absolute atomic E-state index is 12.4. The monoisotopic (exact) mass is 375 g/mol. The molecule has 1 aliphatic rings. The Morgan fingerprint density at radius 3 is 2.81 bits per heavy atom. The van der Waals surface area contributed by atoms with E-state index in [0.29, 0.717) is 11.5 Å². The second-order valence-electron chi connectivity index (χ2n) is 6.60. The highest BCUT2D eigenvalue weighted by Crippen LogP contribution is 2.28. The number of hydrogen-bond donors (Lipinski definition) is 3. The summed E-state index contributed by atoms with van der Waals surface area (Å²) in [6.07, 6.45) is 0.0598. The van der Waals surface area contributed by atoms with Crippen LogP contribution in [0, 0.1) is 0 Å². The van der Waals surface area contributed by atoms with Crippen LogP contribution in [0.4, 0.5) is 0 Å². The lowest BCUT2D eigenvalue weighted by Gasteiger charge is -2.18. The first-order valence-electron chi connectivity index (χ1n) is 9.03. The fourth-order valence-electron chi connectivity index (χ4n) is 3.18. The normalized spacial score (nSPS) is 24.6. The molecule has 1 amide bonds. The number of amides is 1. The Hall–Kier alpha value is -2.58. The van der Waals surface area contributed by atoms with E-state index in [1.165, 1.54) is 0 Å². The second-order valence-corrected chi connectivity index (χ2v) is 6.60. The number of carbonyl (C=O) groups is 1. The van der Waals surface area contributed by atoms with Crippen molar-refractivity contribution in [3.05, 3.63) is 42.2 Å². The highest BCUT2D eigenvalue weighted by Gasteiger charge is 2.44. The number of ether oxygens (including phenoxy) is 2. The molecule has 0 spiro atoms. The van der Waals surface area contributed by atoms with E-state index in [-0.39, 0.29) is 18.0 Å². The zero-order chi connectivity index (χ0) is 19.4. The lowest BCUT2D eigenvalue weighted by molar-refractivity contribution is -0.0135. The molecule has 4 atom stereocenters. The number of aromatic nitrogens is 2. The van der Waals surface area contributed by atoms with Gasteiger partial charge in [0, 0.05) is 25.2 Å². The second kappa shape index (κ2) is 8.41. The SMILES string of the molecule is CCCn1ccc(C(=O)N[C@@H]2C[C@@H](Oc3cccc(OC)c3)[C@H](O)[C@H]2O)n1. The van der Waals surface area contributed by atoms with Crippen molar-refractivity contribution in [2.24, 2.45) is 0 Å². The quantitative estimate of drug-likeness (QED) is 0.666. The number of aryl methyl sites for hydroxylation is 1. The Kier molecular flexibility index (Phi) is 5.98. The van der Waals surface area contributed by atoms with Crippen LogP contribution in [-0.4, -0.2) is 57.4 Å². The number of benzene rings is 1. The average molecular weight is 375 g/mol. The molecule has 1 saturated carbocycles. The molecule has 2 aromatic rings. The average Bonchev–Trinajstić information content (AvgIpc) is 3.23. The summed E-state index contributed by atoms with van der Waals surface area (Å²) in [5, 5.41) is 27.5. The van der Waals surface area contributed by atoms with E-state index in [9.17, 15) is 15.0 Å². The van der Waals surface area contributed by atoms with Crippen molar-refractivity contribution in [2.75, 3.05) is 7.11 Å². The molecule has 1 aliphatic carbocycles. The van der Waals surface area contributed by atoms with Gasteiger partial charge < -0.3 is 25.0 Å². The first-order valence-corrected chi connectivity index (χ1v) is 9.03. The van der Waals surface area contributed by atoms with Crippen LogP contribution in [0.25, 0.3) is 0 Å². The fraction of sp³-hybridized carbons (Fsp3) is 0.474. The number of nitrogens with one attached hydrogen (secondary N) is 1. The van der Waals surface area contributed by atoms with Crippen LogP contribution < -0.4 is 14.8 Å². The highest BCUT2D eigenvalue weighted by molar-refractivity contribution is 5.92. The predicted octanol–water partition coefficient (Wildman–Crippen LogP) is 0.973. The Bertz CT molecular complexity index is 778. The summed E-state index contributed by atoms with van der Waals surface area (Å²) in [4.78, 5) is 12.4. The molecule has 1 heterocycles. The van der Waals surface area contributed by atoms with Crippen molar-refractivity contribution in [2.45, 2.75) is 50.7 Å². The van der Waals surface area contributed by atoms with Crippen molar-refractivity contribution in [1.29, 1.82) is 0 Å². The molecule has 8 nitrogen and oxygen atoms in total. The van der Waals surface area contributed by atoms with Crippen LogP contribution in [0.15, 0.2) is 36.5 Å². The summed E-state index contributed by atoms with van der Waals surface area (Å²) in [6.45, 7) is 2.76. The van der Waals surface area contributed by atoms with Gasteiger partial charge in [-0.1, -0.05) is 13.0 Å². The van der Waals surface area contributed by atoms with Crippen molar-refractivity contribution >= 4 is 5.91 Å². The topological polar surface area (TPSA) is 106 Å². The molecule has 146 valence electrons.